The molecule has 0 saturated carbocycles. The van der Waals surface area contributed by atoms with E-state index in [0.717, 1.165) is 0 Å². The van der Waals surface area contributed by atoms with Crippen LogP contribution in [0.4, 0.5) is 8.78 Å². The summed E-state index contributed by atoms with van der Waals surface area (Å²) in [7, 11) is 1.39. The van der Waals surface area contributed by atoms with Gasteiger partial charge >= 0.3 is 6.61 Å². The van der Waals surface area contributed by atoms with E-state index >= 15 is 0 Å². The lowest BCUT2D eigenvalue weighted by atomic mass is 10.0. The minimum absolute atomic E-state index is 0.0113. The van der Waals surface area contributed by atoms with Crippen molar-refractivity contribution in [1.29, 1.82) is 0 Å². The van der Waals surface area contributed by atoms with Gasteiger partial charge in [-0.3, -0.25) is 0 Å². The van der Waals surface area contributed by atoms with Crippen LogP contribution in [0.2, 0.25) is 0 Å². The molecule has 1 aromatic rings. The highest BCUT2D eigenvalue weighted by Crippen LogP contribution is 2.32. The number of methoxy groups -OCH3 is 1. The first-order valence-electron chi connectivity index (χ1n) is 6.65. The van der Waals surface area contributed by atoms with Crippen molar-refractivity contribution in [2.75, 3.05) is 26.9 Å². The van der Waals surface area contributed by atoms with Crippen molar-refractivity contribution in [3.8, 4) is 11.5 Å². The minimum Gasteiger partial charge on any atom is -0.493 e. The summed E-state index contributed by atoms with van der Waals surface area (Å²) in [4.78, 5) is 0. The molecule has 0 bridgehead atoms. The van der Waals surface area contributed by atoms with E-state index < -0.39 is 12.2 Å². The molecular weight excluding hydrogens is 284 g/mol. The Morgan fingerprint density at radius 3 is 2.90 bits per heavy atom. The van der Waals surface area contributed by atoms with Gasteiger partial charge in [0.15, 0.2) is 11.5 Å². The van der Waals surface area contributed by atoms with Crippen molar-refractivity contribution in [3.63, 3.8) is 0 Å². The lowest BCUT2D eigenvalue weighted by Gasteiger charge is -2.21. The fourth-order valence-corrected chi connectivity index (χ4v) is 2.25. The van der Waals surface area contributed by atoms with E-state index in [1.807, 2.05) is 0 Å². The van der Waals surface area contributed by atoms with Gasteiger partial charge in [0, 0.05) is 31.7 Å². The van der Waals surface area contributed by atoms with Gasteiger partial charge in [0.2, 0.25) is 0 Å². The largest absolute Gasteiger partial charge is 0.493 e. The van der Waals surface area contributed by atoms with E-state index in [1.165, 1.54) is 7.11 Å². The van der Waals surface area contributed by atoms with E-state index in [2.05, 4.69) is 10.1 Å². The average molecular weight is 303 g/mol. The van der Waals surface area contributed by atoms with Gasteiger partial charge in [0.25, 0.3) is 0 Å². The summed E-state index contributed by atoms with van der Waals surface area (Å²) in [5.74, 6) is 0.259. The first-order valence-corrected chi connectivity index (χ1v) is 6.65. The molecule has 1 aliphatic heterocycles. The van der Waals surface area contributed by atoms with E-state index in [-0.39, 0.29) is 24.7 Å². The maximum absolute atomic E-state index is 12.5. The molecule has 1 atom stereocenters. The Labute approximate surface area is 121 Å². The number of benzene rings is 1. The van der Waals surface area contributed by atoms with Crippen molar-refractivity contribution < 1.29 is 28.1 Å². The Hall–Kier alpha value is -1.44. The third-order valence-electron chi connectivity index (χ3n) is 3.34. The third kappa shape index (κ3) is 4.26. The molecule has 118 valence electrons. The summed E-state index contributed by atoms with van der Waals surface area (Å²) >= 11 is 0. The first-order chi connectivity index (χ1) is 10.0. The van der Waals surface area contributed by atoms with Gasteiger partial charge in [0.1, 0.15) is 5.60 Å². The molecule has 1 unspecified atom stereocenters. The van der Waals surface area contributed by atoms with Gasteiger partial charge in [-0.1, -0.05) is 12.1 Å². The fourth-order valence-electron chi connectivity index (χ4n) is 2.25. The maximum atomic E-state index is 12.5. The molecular formula is C14H19F2NO4. The third-order valence-corrected chi connectivity index (χ3v) is 3.34. The molecule has 0 amide bonds. The first kappa shape index (κ1) is 15.9. The molecule has 2 N–H and O–H groups in total. The van der Waals surface area contributed by atoms with Gasteiger partial charge in [-0.05, 0) is 6.07 Å². The highest BCUT2D eigenvalue weighted by molar-refractivity contribution is 5.46. The molecule has 21 heavy (non-hydrogen) atoms. The quantitative estimate of drug-likeness (QED) is 0.800. The van der Waals surface area contributed by atoms with Gasteiger partial charge < -0.3 is 24.6 Å². The van der Waals surface area contributed by atoms with Crippen LogP contribution in [0.1, 0.15) is 12.0 Å². The van der Waals surface area contributed by atoms with Crippen LogP contribution in [0.5, 0.6) is 11.5 Å². The van der Waals surface area contributed by atoms with Crippen LogP contribution in [0.25, 0.3) is 0 Å². The van der Waals surface area contributed by atoms with Crippen LogP contribution in [-0.4, -0.2) is 44.2 Å². The predicted octanol–water partition coefficient (Wildman–Crippen LogP) is 1.54. The van der Waals surface area contributed by atoms with Crippen LogP contribution in [-0.2, 0) is 11.3 Å². The van der Waals surface area contributed by atoms with E-state index in [0.29, 0.717) is 25.1 Å². The van der Waals surface area contributed by atoms with Gasteiger partial charge in [-0.15, -0.1) is 0 Å². The normalized spacial score (nSPS) is 21.8. The molecule has 1 fully saturated rings. The molecule has 0 radical (unpaired) electrons. The highest BCUT2D eigenvalue weighted by atomic mass is 19.3. The number of ether oxygens (including phenoxy) is 3. The molecule has 0 aromatic heterocycles. The number of halogens is 2. The monoisotopic (exact) mass is 303 g/mol. The molecule has 0 aliphatic carbocycles. The number of nitrogens with one attached hydrogen (secondary N) is 1. The number of hydrogen-bond donors (Lipinski definition) is 2. The zero-order valence-corrected chi connectivity index (χ0v) is 11.8. The summed E-state index contributed by atoms with van der Waals surface area (Å²) in [5.41, 5.74) is -0.361. The second-order valence-corrected chi connectivity index (χ2v) is 4.96. The second kappa shape index (κ2) is 7.02. The molecule has 1 aromatic carbocycles. The van der Waals surface area contributed by atoms with Gasteiger partial charge in [-0.25, -0.2) is 0 Å². The highest BCUT2D eigenvalue weighted by Gasteiger charge is 2.31. The molecule has 2 rings (SSSR count). The number of alkyl halides is 2. The summed E-state index contributed by atoms with van der Waals surface area (Å²) in [6, 6.07) is 4.92. The van der Waals surface area contributed by atoms with Crippen molar-refractivity contribution in [1.82, 2.24) is 5.32 Å². The summed E-state index contributed by atoms with van der Waals surface area (Å²) in [6.07, 6.45) is 0.554. The summed E-state index contributed by atoms with van der Waals surface area (Å²) in [6.45, 7) is -1.53. The van der Waals surface area contributed by atoms with Crippen LogP contribution in [0.15, 0.2) is 18.2 Å². The SMILES string of the molecule is COc1cccc(CNCC2(O)CCOC2)c1OC(F)F. The molecule has 1 saturated heterocycles. The maximum Gasteiger partial charge on any atom is 0.387 e. The van der Waals surface area contributed by atoms with E-state index in [1.54, 1.807) is 18.2 Å². The molecule has 0 spiro atoms. The van der Waals surface area contributed by atoms with E-state index in [4.69, 9.17) is 9.47 Å². The second-order valence-electron chi connectivity index (χ2n) is 4.96. The Morgan fingerprint density at radius 2 is 2.29 bits per heavy atom. The average Bonchev–Trinajstić information content (AvgIpc) is 2.87. The number of para-hydroxylation sites is 1. The standard InChI is InChI=1S/C14H19F2NO4/c1-19-11-4-2-3-10(12(11)21-13(15)16)7-17-8-14(18)5-6-20-9-14/h2-4,13,17-18H,5-9H2,1H3. The van der Waals surface area contributed by atoms with Gasteiger partial charge in [-0.2, -0.15) is 8.78 Å². The zero-order chi connectivity index (χ0) is 15.3. The topological polar surface area (TPSA) is 60.0 Å². The van der Waals surface area contributed by atoms with Crippen molar-refractivity contribution in [2.45, 2.75) is 25.2 Å². The van der Waals surface area contributed by atoms with Crippen LogP contribution in [0, 0.1) is 0 Å². The number of hydrogen-bond acceptors (Lipinski definition) is 5. The summed E-state index contributed by atoms with van der Waals surface area (Å²) in [5, 5.41) is 13.2. The lowest BCUT2D eigenvalue weighted by molar-refractivity contribution is -0.0519. The van der Waals surface area contributed by atoms with Crippen molar-refractivity contribution >= 4 is 0 Å². The Kier molecular flexibility index (Phi) is 5.33. The molecule has 5 nitrogen and oxygen atoms in total. The van der Waals surface area contributed by atoms with Crippen LogP contribution in [0.3, 0.4) is 0 Å². The van der Waals surface area contributed by atoms with Crippen LogP contribution < -0.4 is 14.8 Å². The molecule has 1 heterocycles. The predicted molar refractivity (Wildman–Crippen MR) is 71.7 cm³/mol. The Morgan fingerprint density at radius 1 is 1.48 bits per heavy atom. The number of aliphatic hydroxyl groups is 1. The fraction of sp³-hybridized carbons (Fsp3) is 0.571. The minimum atomic E-state index is -2.92. The Bertz CT molecular complexity index is 464. The van der Waals surface area contributed by atoms with E-state index in [9.17, 15) is 13.9 Å². The van der Waals surface area contributed by atoms with Crippen molar-refractivity contribution in [3.05, 3.63) is 23.8 Å². The number of rotatable bonds is 7. The Balaban J connectivity index is 2.01. The van der Waals surface area contributed by atoms with Crippen LogP contribution >= 0.6 is 0 Å². The van der Waals surface area contributed by atoms with Gasteiger partial charge in [0.05, 0.1) is 13.7 Å². The van der Waals surface area contributed by atoms with Crippen molar-refractivity contribution in [2.24, 2.45) is 0 Å². The zero-order valence-electron chi connectivity index (χ0n) is 11.8. The molecule has 7 heteroatoms. The summed E-state index contributed by atoms with van der Waals surface area (Å²) < 4.78 is 39.7. The smallest absolute Gasteiger partial charge is 0.387 e. The lowest BCUT2D eigenvalue weighted by Crippen LogP contribution is -2.40. The molecule has 1 aliphatic rings.